The number of rotatable bonds is 10. The lowest BCUT2D eigenvalue weighted by Crippen LogP contribution is -2.17. The van der Waals surface area contributed by atoms with Crippen LogP contribution in [0.3, 0.4) is 0 Å². The van der Waals surface area contributed by atoms with E-state index in [1.165, 1.54) is 30.5 Å². The predicted octanol–water partition coefficient (Wildman–Crippen LogP) is 4.98. The number of hydrogen-bond acceptors (Lipinski definition) is 7. The number of halogens is 1. The van der Waals surface area contributed by atoms with Crippen LogP contribution in [-0.4, -0.2) is 33.8 Å². The third kappa shape index (κ3) is 6.97. The van der Waals surface area contributed by atoms with Crippen LogP contribution in [0.4, 0.5) is 0 Å². The van der Waals surface area contributed by atoms with Gasteiger partial charge in [-0.1, -0.05) is 29.3 Å². The lowest BCUT2D eigenvalue weighted by Gasteiger charge is -2.11. The average Bonchev–Trinajstić information content (AvgIpc) is 2.82. The van der Waals surface area contributed by atoms with Crippen molar-refractivity contribution in [3.8, 4) is 17.2 Å². The second kappa shape index (κ2) is 11.7. The van der Waals surface area contributed by atoms with Gasteiger partial charge in [-0.05, 0) is 74.9 Å². The second-order valence-electron chi connectivity index (χ2n) is 7.27. The Labute approximate surface area is 209 Å². The van der Waals surface area contributed by atoms with Crippen molar-refractivity contribution in [2.24, 2.45) is 5.10 Å². The van der Waals surface area contributed by atoms with Crippen LogP contribution in [0.25, 0.3) is 0 Å². The monoisotopic (exact) mass is 516 g/mol. The number of amides is 1. The molecule has 35 heavy (non-hydrogen) atoms. The van der Waals surface area contributed by atoms with E-state index in [0.29, 0.717) is 35.8 Å². The van der Waals surface area contributed by atoms with Gasteiger partial charge in [-0.15, -0.1) is 0 Å². The fourth-order valence-electron chi connectivity index (χ4n) is 2.96. The van der Waals surface area contributed by atoms with Gasteiger partial charge in [0.1, 0.15) is 4.90 Å². The standard InChI is InChI=1S/C25H25ClN2O6S/c1-4-32-23-13-9-19(15-24(23)33-5-2)25(29)28-27-16-18-8-12-22(21(26)14-18)34-35(30,31)20-10-6-17(3)7-11-20/h6-16H,4-5H2,1-3H3,(H,28,29)/b27-16+. The van der Waals surface area contributed by atoms with Crippen LogP contribution in [-0.2, 0) is 10.1 Å². The highest BCUT2D eigenvalue weighted by atomic mass is 35.5. The summed E-state index contributed by atoms with van der Waals surface area (Å²) in [7, 11) is -4.03. The molecule has 184 valence electrons. The number of aryl methyl sites for hydroxylation is 1. The van der Waals surface area contributed by atoms with Gasteiger partial charge in [0.2, 0.25) is 0 Å². The number of hydrogen-bond donors (Lipinski definition) is 1. The maximum absolute atomic E-state index is 12.5. The van der Waals surface area contributed by atoms with Crippen LogP contribution in [0.15, 0.2) is 70.7 Å². The first-order valence-corrected chi connectivity index (χ1v) is 12.6. The molecule has 0 aromatic heterocycles. The molecule has 3 aromatic carbocycles. The van der Waals surface area contributed by atoms with Crippen molar-refractivity contribution in [2.75, 3.05) is 13.2 Å². The highest BCUT2D eigenvalue weighted by Crippen LogP contribution is 2.29. The summed E-state index contributed by atoms with van der Waals surface area (Å²) in [6.07, 6.45) is 1.38. The fourth-order valence-corrected chi connectivity index (χ4v) is 4.18. The molecule has 0 spiro atoms. The molecule has 3 rings (SSSR count). The Kier molecular flexibility index (Phi) is 8.73. The molecule has 1 N–H and O–H groups in total. The van der Waals surface area contributed by atoms with Crippen LogP contribution in [0.1, 0.15) is 35.3 Å². The van der Waals surface area contributed by atoms with Gasteiger partial charge in [0.05, 0.1) is 24.5 Å². The topological polar surface area (TPSA) is 103 Å². The highest BCUT2D eigenvalue weighted by molar-refractivity contribution is 7.87. The molecule has 10 heteroatoms. The van der Waals surface area contributed by atoms with Crippen molar-refractivity contribution >= 4 is 33.8 Å². The zero-order valence-corrected chi connectivity index (χ0v) is 21.0. The molecule has 0 radical (unpaired) electrons. The maximum atomic E-state index is 12.5. The van der Waals surface area contributed by atoms with E-state index in [1.807, 2.05) is 20.8 Å². The molecular weight excluding hydrogens is 492 g/mol. The van der Waals surface area contributed by atoms with Crippen molar-refractivity contribution in [3.63, 3.8) is 0 Å². The minimum Gasteiger partial charge on any atom is -0.490 e. The third-order valence-electron chi connectivity index (χ3n) is 4.65. The van der Waals surface area contributed by atoms with E-state index >= 15 is 0 Å². The number of benzene rings is 3. The summed E-state index contributed by atoms with van der Waals surface area (Å²) in [5.41, 5.74) is 4.23. The number of ether oxygens (including phenoxy) is 2. The first-order valence-electron chi connectivity index (χ1n) is 10.8. The second-order valence-corrected chi connectivity index (χ2v) is 9.22. The lowest BCUT2D eigenvalue weighted by molar-refractivity contribution is 0.0954. The minimum absolute atomic E-state index is 0.0220. The molecule has 0 heterocycles. The number of hydrazone groups is 1. The summed E-state index contributed by atoms with van der Waals surface area (Å²) >= 11 is 6.21. The van der Waals surface area contributed by atoms with Gasteiger partial charge >= 0.3 is 10.1 Å². The van der Waals surface area contributed by atoms with E-state index in [1.54, 1.807) is 36.4 Å². The Bertz CT molecular complexity index is 1320. The Morgan fingerprint density at radius 3 is 2.26 bits per heavy atom. The fraction of sp³-hybridized carbons (Fsp3) is 0.200. The zero-order chi connectivity index (χ0) is 25.4. The molecule has 1 amide bonds. The first kappa shape index (κ1) is 26.1. The Morgan fingerprint density at radius 1 is 0.943 bits per heavy atom. The van der Waals surface area contributed by atoms with Gasteiger partial charge in [0.15, 0.2) is 17.2 Å². The molecule has 8 nitrogen and oxygen atoms in total. The van der Waals surface area contributed by atoms with Gasteiger partial charge in [-0.3, -0.25) is 4.79 Å². The van der Waals surface area contributed by atoms with Crippen molar-refractivity contribution in [1.29, 1.82) is 0 Å². The highest BCUT2D eigenvalue weighted by Gasteiger charge is 2.18. The summed E-state index contributed by atoms with van der Waals surface area (Å²) in [4.78, 5) is 12.5. The molecule has 0 saturated heterocycles. The predicted molar refractivity (Wildman–Crippen MR) is 134 cm³/mol. The molecule has 0 saturated carbocycles. The number of nitrogens with one attached hydrogen (secondary N) is 1. The summed E-state index contributed by atoms with van der Waals surface area (Å²) in [6, 6.07) is 15.6. The van der Waals surface area contributed by atoms with Crippen LogP contribution in [0, 0.1) is 6.92 Å². The molecule has 0 atom stereocenters. The van der Waals surface area contributed by atoms with Gasteiger partial charge in [0.25, 0.3) is 5.91 Å². The molecule has 0 bridgehead atoms. The Balaban J connectivity index is 1.67. The van der Waals surface area contributed by atoms with Crippen molar-refractivity contribution in [3.05, 3.63) is 82.4 Å². The van der Waals surface area contributed by atoms with Crippen molar-refractivity contribution in [1.82, 2.24) is 5.43 Å². The van der Waals surface area contributed by atoms with E-state index in [2.05, 4.69) is 10.5 Å². The molecule has 3 aromatic rings. The van der Waals surface area contributed by atoms with E-state index in [9.17, 15) is 13.2 Å². The lowest BCUT2D eigenvalue weighted by atomic mass is 10.2. The van der Waals surface area contributed by atoms with E-state index in [0.717, 1.165) is 5.56 Å². The number of nitrogens with zero attached hydrogens (tertiary/aromatic N) is 1. The van der Waals surface area contributed by atoms with E-state index in [-0.39, 0.29) is 15.7 Å². The maximum Gasteiger partial charge on any atom is 0.339 e. The smallest absolute Gasteiger partial charge is 0.339 e. The molecule has 0 fully saturated rings. The molecule has 0 unspecified atom stereocenters. The van der Waals surface area contributed by atoms with E-state index < -0.39 is 16.0 Å². The Hall–Kier alpha value is -3.56. The summed E-state index contributed by atoms with van der Waals surface area (Å²) < 4.78 is 41.2. The van der Waals surface area contributed by atoms with Crippen molar-refractivity contribution in [2.45, 2.75) is 25.7 Å². The van der Waals surface area contributed by atoms with E-state index in [4.69, 9.17) is 25.3 Å². The average molecular weight is 517 g/mol. The summed E-state index contributed by atoms with van der Waals surface area (Å²) in [5.74, 6) is 0.552. The number of carbonyl (C=O) groups is 1. The van der Waals surface area contributed by atoms with Gasteiger partial charge < -0.3 is 13.7 Å². The van der Waals surface area contributed by atoms with Crippen LogP contribution < -0.4 is 19.1 Å². The summed E-state index contributed by atoms with van der Waals surface area (Å²) in [5, 5.41) is 4.01. The summed E-state index contributed by atoms with van der Waals surface area (Å²) in [6.45, 7) is 6.45. The van der Waals surface area contributed by atoms with Crippen LogP contribution in [0.5, 0.6) is 17.2 Å². The Morgan fingerprint density at radius 2 is 1.60 bits per heavy atom. The number of carbonyl (C=O) groups excluding carboxylic acids is 1. The van der Waals surface area contributed by atoms with Crippen LogP contribution >= 0.6 is 11.6 Å². The van der Waals surface area contributed by atoms with Crippen LogP contribution in [0.2, 0.25) is 5.02 Å². The van der Waals surface area contributed by atoms with Crippen molar-refractivity contribution < 1.29 is 26.9 Å². The molecule has 0 aliphatic carbocycles. The van der Waals surface area contributed by atoms with Gasteiger partial charge in [0, 0.05) is 5.56 Å². The van der Waals surface area contributed by atoms with Gasteiger partial charge in [-0.2, -0.15) is 13.5 Å². The normalized spacial score (nSPS) is 11.3. The third-order valence-corrected chi connectivity index (χ3v) is 6.19. The molecular formula is C25H25ClN2O6S. The van der Waals surface area contributed by atoms with Gasteiger partial charge in [-0.25, -0.2) is 5.43 Å². The SMILES string of the molecule is CCOc1ccc(C(=O)N/N=C/c2ccc(OS(=O)(=O)c3ccc(C)cc3)c(Cl)c2)cc1OCC. The molecule has 0 aliphatic heterocycles. The minimum atomic E-state index is -4.03. The molecule has 0 aliphatic rings. The quantitative estimate of drug-likeness (QED) is 0.231. The first-order chi connectivity index (χ1) is 16.7. The zero-order valence-electron chi connectivity index (χ0n) is 19.4. The largest absolute Gasteiger partial charge is 0.490 e.